The molecule has 0 radical (unpaired) electrons. The Kier molecular flexibility index (Phi) is 4.07. The molecule has 4 fully saturated rings. The Hall–Kier alpha value is -1.43. The van der Waals surface area contributed by atoms with Gasteiger partial charge in [-0.05, 0) is 61.8 Å². The summed E-state index contributed by atoms with van der Waals surface area (Å²) in [5.74, 6) is 1.94. The summed E-state index contributed by atoms with van der Waals surface area (Å²) in [7, 11) is 1.65. The van der Waals surface area contributed by atoms with E-state index in [4.69, 9.17) is 4.84 Å². The lowest BCUT2D eigenvalue weighted by molar-refractivity contribution is -0.129. The zero-order chi connectivity index (χ0) is 17.7. The maximum atomic E-state index is 10.9. The molecule has 5 aliphatic carbocycles. The van der Waals surface area contributed by atoms with E-state index in [9.17, 15) is 5.11 Å². The van der Waals surface area contributed by atoms with Gasteiger partial charge in [0, 0.05) is 36.5 Å². The Morgan fingerprint density at radius 3 is 2.81 bits per heavy atom. The normalized spacial score (nSPS) is 36.5. The quantitative estimate of drug-likeness (QED) is 0.541. The van der Waals surface area contributed by atoms with Crippen molar-refractivity contribution in [2.24, 2.45) is 17.8 Å². The maximum Gasteiger partial charge on any atom is 0.0657 e. The predicted octanol–water partition coefficient (Wildman–Crippen LogP) is 2.70. The highest BCUT2D eigenvalue weighted by Gasteiger charge is 2.54. The van der Waals surface area contributed by atoms with Crippen LogP contribution in [0.15, 0.2) is 12.3 Å². The van der Waals surface area contributed by atoms with Gasteiger partial charge in [0.1, 0.15) is 0 Å². The van der Waals surface area contributed by atoms with Crippen molar-refractivity contribution >= 4 is 11.8 Å². The monoisotopic (exact) mass is 355 g/mol. The van der Waals surface area contributed by atoms with Crippen LogP contribution in [-0.2, 0) is 17.7 Å². The summed E-state index contributed by atoms with van der Waals surface area (Å²) in [6.45, 7) is 0.773. The van der Waals surface area contributed by atoms with E-state index in [0.717, 1.165) is 44.6 Å². The number of fused-ring (bicyclic) bond motifs is 1. The van der Waals surface area contributed by atoms with Crippen molar-refractivity contribution in [2.75, 3.05) is 19.0 Å². The van der Waals surface area contributed by atoms with Crippen molar-refractivity contribution in [3.8, 4) is 0 Å². The van der Waals surface area contributed by atoms with Gasteiger partial charge in [0.15, 0.2) is 0 Å². The van der Waals surface area contributed by atoms with Crippen LogP contribution in [0.25, 0.3) is 6.08 Å². The first-order valence-electron chi connectivity index (χ1n) is 10.1. The predicted molar refractivity (Wildman–Crippen MR) is 102 cm³/mol. The van der Waals surface area contributed by atoms with Gasteiger partial charge in [-0.1, -0.05) is 12.2 Å². The minimum atomic E-state index is -0.375. The van der Waals surface area contributed by atoms with Gasteiger partial charge < -0.3 is 15.3 Å². The molecule has 5 heteroatoms. The summed E-state index contributed by atoms with van der Waals surface area (Å²) in [4.78, 5) is 9.68. The Labute approximate surface area is 155 Å². The molecule has 2 unspecified atom stereocenters. The molecule has 140 valence electrons. The lowest BCUT2D eigenvalue weighted by atomic mass is 9.52. The van der Waals surface area contributed by atoms with Crippen LogP contribution in [0.2, 0.25) is 0 Å². The molecule has 2 atom stereocenters. The van der Waals surface area contributed by atoms with Crippen LogP contribution in [0.4, 0.5) is 5.69 Å². The highest BCUT2D eigenvalue weighted by Crippen LogP contribution is 2.56. The van der Waals surface area contributed by atoms with E-state index in [0.29, 0.717) is 17.9 Å². The lowest BCUT2D eigenvalue weighted by Crippen LogP contribution is -2.59. The number of anilines is 1. The average molecular weight is 355 g/mol. The topological polar surface area (TPSA) is 66.4 Å². The number of nitrogens with zero attached hydrogens (tertiary/aromatic N) is 1. The summed E-state index contributed by atoms with van der Waals surface area (Å²) in [6, 6.07) is 0.487. The van der Waals surface area contributed by atoms with Crippen LogP contribution in [-0.4, -0.2) is 35.4 Å². The lowest BCUT2D eigenvalue weighted by Gasteiger charge is -2.58. The molecule has 26 heavy (non-hydrogen) atoms. The van der Waals surface area contributed by atoms with Crippen molar-refractivity contribution in [3.05, 3.63) is 29.1 Å². The van der Waals surface area contributed by atoms with Crippen LogP contribution < -0.4 is 10.8 Å². The Morgan fingerprint density at radius 2 is 2.08 bits per heavy atom. The number of hydrogen-bond donors (Lipinski definition) is 3. The highest BCUT2D eigenvalue weighted by atomic mass is 16.6. The fourth-order valence-corrected chi connectivity index (χ4v) is 6.27. The third-order valence-electron chi connectivity index (χ3n) is 7.07. The SMILES string of the molecule is CONCCc1cnc2c(c1NC1C3CC4CC1CC(O)(C4)C3)C=CC2. The third kappa shape index (κ3) is 2.77. The van der Waals surface area contributed by atoms with E-state index < -0.39 is 0 Å². The first-order valence-corrected chi connectivity index (χ1v) is 10.1. The van der Waals surface area contributed by atoms with Crippen molar-refractivity contribution < 1.29 is 9.94 Å². The van der Waals surface area contributed by atoms with Gasteiger partial charge in [-0.25, -0.2) is 5.48 Å². The summed E-state index contributed by atoms with van der Waals surface area (Å²) in [6.07, 6.45) is 13.8. The second-order valence-corrected chi connectivity index (χ2v) is 8.84. The number of nitrogens with one attached hydrogen (secondary N) is 2. The highest BCUT2D eigenvalue weighted by molar-refractivity contribution is 5.74. The molecule has 0 spiro atoms. The summed E-state index contributed by atoms with van der Waals surface area (Å²) >= 11 is 0. The number of aliphatic hydroxyl groups is 1. The van der Waals surface area contributed by atoms with E-state index in [1.54, 1.807) is 7.11 Å². The van der Waals surface area contributed by atoms with E-state index in [2.05, 4.69) is 27.9 Å². The summed E-state index contributed by atoms with van der Waals surface area (Å²) < 4.78 is 0. The van der Waals surface area contributed by atoms with Gasteiger partial charge in [-0.3, -0.25) is 4.98 Å². The zero-order valence-electron chi connectivity index (χ0n) is 15.5. The van der Waals surface area contributed by atoms with Crippen LogP contribution in [0, 0.1) is 17.8 Å². The minimum Gasteiger partial charge on any atom is -0.390 e. The van der Waals surface area contributed by atoms with Crippen LogP contribution >= 0.6 is 0 Å². The molecule has 0 amide bonds. The third-order valence-corrected chi connectivity index (χ3v) is 7.07. The van der Waals surface area contributed by atoms with E-state index >= 15 is 0 Å². The molecule has 4 bridgehead atoms. The molecule has 0 aliphatic heterocycles. The molecule has 3 N–H and O–H groups in total. The molecule has 1 aromatic heterocycles. The number of rotatable bonds is 6. The Morgan fingerprint density at radius 1 is 1.27 bits per heavy atom. The molecule has 5 aliphatic rings. The smallest absolute Gasteiger partial charge is 0.0657 e. The maximum absolute atomic E-state index is 10.9. The molecular formula is C21H29N3O2. The molecule has 6 rings (SSSR count). The van der Waals surface area contributed by atoms with Crippen molar-refractivity contribution in [2.45, 2.75) is 56.6 Å². The first kappa shape index (κ1) is 16.7. The standard InChI is InChI=1S/C21H29N3O2/c1-26-23-6-5-14-12-22-18-4-2-3-17(18)20(14)24-19-15-7-13-8-16(19)11-21(25,9-13)10-15/h2-3,12-13,15-16,19,23,25H,4-11H2,1H3,(H,22,24). The first-order chi connectivity index (χ1) is 12.6. The van der Waals surface area contributed by atoms with Gasteiger partial charge in [-0.2, -0.15) is 0 Å². The van der Waals surface area contributed by atoms with Gasteiger partial charge in [0.25, 0.3) is 0 Å². The Balaban J connectivity index is 1.43. The molecule has 4 saturated carbocycles. The van der Waals surface area contributed by atoms with Crippen LogP contribution in [0.1, 0.15) is 48.9 Å². The van der Waals surface area contributed by atoms with Crippen molar-refractivity contribution in [3.63, 3.8) is 0 Å². The van der Waals surface area contributed by atoms with Gasteiger partial charge in [-0.15, -0.1) is 0 Å². The zero-order valence-corrected chi connectivity index (χ0v) is 15.5. The Bertz CT molecular complexity index is 716. The second-order valence-electron chi connectivity index (χ2n) is 8.84. The largest absolute Gasteiger partial charge is 0.390 e. The molecule has 0 aromatic carbocycles. The van der Waals surface area contributed by atoms with Crippen LogP contribution in [0.3, 0.4) is 0 Å². The summed E-state index contributed by atoms with van der Waals surface area (Å²) in [5.41, 5.74) is 7.55. The molecular weight excluding hydrogens is 326 g/mol. The van der Waals surface area contributed by atoms with Crippen molar-refractivity contribution in [1.82, 2.24) is 10.5 Å². The van der Waals surface area contributed by atoms with Crippen molar-refractivity contribution in [1.29, 1.82) is 0 Å². The molecule has 5 nitrogen and oxygen atoms in total. The van der Waals surface area contributed by atoms with Crippen LogP contribution in [0.5, 0.6) is 0 Å². The number of hydrogen-bond acceptors (Lipinski definition) is 5. The number of hydroxylamine groups is 1. The number of pyridine rings is 1. The van der Waals surface area contributed by atoms with E-state index in [1.165, 1.54) is 35.3 Å². The minimum absolute atomic E-state index is 0.375. The van der Waals surface area contributed by atoms with Gasteiger partial charge >= 0.3 is 0 Å². The molecule has 1 aromatic rings. The number of aromatic nitrogens is 1. The van der Waals surface area contributed by atoms with E-state index in [-0.39, 0.29) is 5.60 Å². The fraction of sp³-hybridized carbons (Fsp3) is 0.667. The van der Waals surface area contributed by atoms with E-state index in [1.807, 2.05) is 6.20 Å². The second kappa shape index (κ2) is 6.32. The molecule has 0 saturated heterocycles. The average Bonchev–Trinajstić information content (AvgIpc) is 3.07. The number of allylic oxidation sites excluding steroid dienone is 1. The molecule has 1 heterocycles. The summed E-state index contributed by atoms with van der Waals surface area (Å²) in [5, 5.41) is 14.8. The fourth-order valence-electron chi connectivity index (χ4n) is 6.27. The van der Waals surface area contributed by atoms with Gasteiger partial charge in [0.05, 0.1) is 18.4 Å². The van der Waals surface area contributed by atoms with Gasteiger partial charge in [0.2, 0.25) is 0 Å².